The van der Waals surface area contributed by atoms with Crippen LogP contribution >= 0.6 is 0 Å². The lowest BCUT2D eigenvalue weighted by molar-refractivity contribution is -0.131. The first-order valence-corrected chi connectivity index (χ1v) is 9.47. The van der Waals surface area contributed by atoms with E-state index in [1.54, 1.807) is 0 Å². The molecule has 0 atom stereocenters. The summed E-state index contributed by atoms with van der Waals surface area (Å²) in [7, 11) is 0. The summed E-state index contributed by atoms with van der Waals surface area (Å²) >= 11 is 0. The number of carbonyl (C=O) groups is 1. The Labute approximate surface area is 158 Å². The minimum absolute atomic E-state index is 0.128. The number of anilines is 1. The molecule has 0 aromatic heterocycles. The van der Waals surface area contributed by atoms with Crippen LogP contribution < -0.4 is 10.1 Å². The van der Waals surface area contributed by atoms with Crippen LogP contribution in [0.5, 0.6) is 5.75 Å². The van der Waals surface area contributed by atoms with Gasteiger partial charge in [0, 0.05) is 43.4 Å². The van der Waals surface area contributed by atoms with Gasteiger partial charge in [-0.15, -0.1) is 0 Å². The Hall–Kier alpha value is -1.59. The predicted octanol–water partition coefficient (Wildman–Crippen LogP) is 4.31. The number of hydrogen-bond acceptors (Lipinski definition) is 5. The summed E-state index contributed by atoms with van der Waals surface area (Å²) in [5, 5.41) is 3.35. The minimum Gasteiger partial charge on any atom is -0.494 e. The standard InChI is InChI=1S/C21H35NO4/c1-17(2)22-18-8-10-19(11-9-18)26-15-7-13-24-12-6-14-25-16-20(23)21(3,4)5/h8-11,17,22H,6-7,12-16H2,1-5H3. The molecule has 5 nitrogen and oxygen atoms in total. The molecule has 1 rings (SSSR count). The van der Waals surface area contributed by atoms with Crippen LogP contribution in [-0.4, -0.2) is 44.9 Å². The summed E-state index contributed by atoms with van der Waals surface area (Å²) in [6, 6.07) is 8.42. The summed E-state index contributed by atoms with van der Waals surface area (Å²) in [5.41, 5.74) is 0.768. The smallest absolute Gasteiger partial charge is 0.163 e. The third-order valence-corrected chi connectivity index (χ3v) is 3.66. The zero-order chi connectivity index (χ0) is 19.4. The first-order chi connectivity index (χ1) is 12.3. The molecule has 0 unspecified atom stereocenters. The fourth-order valence-electron chi connectivity index (χ4n) is 2.08. The van der Waals surface area contributed by atoms with Crippen LogP contribution in [0.25, 0.3) is 0 Å². The van der Waals surface area contributed by atoms with Gasteiger partial charge in [0.05, 0.1) is 6.61 Å². The Bertz CT molecular complexity index is 506. The Morgan fingerprint density at radius 3 is 2.12 bits per heavy atom. The van der Waals surface area contributed by atoms with Crippen LogP contribution in [0.2, 0.25) is 0 Å². The molecule has 5 heteroatoms. The van der Waals surface area contributed by atoms with E-state index in [-0.39, 0.29) is 17.8 Å². The third-order valence-electron chi connectivity index (χ3n) is 3.66. The zero-order valence-electron chi connectivity index (χ0n) is 17.0. The molecule has 0 amide bonds. The molecule has 0 fully saturated rings. The highest BCUT2D eigenvalue weighted by Gasteiger charge is 2.20. The van der Waals surface area contributed by atoms with Crippen LogP contribution in [0.3, 0.4) is 0 Å². The van der Waals surface area contributed by atoms with E-state index in [2.05, 4.69) is 19.2 Å². The van der Waals surface area contributed by atoms with Gasteiger partial charge in [0.1, 0.15) is 12.4 Å². The molecular weight excluding hydrogens is 330 g/mol. The van der Waals surface area contributed by atoms with Crippen molar-refractivity contribution in [1.82, 2.24) is 0 Å². The number of Topliss-reactive ketones (excluding diaryl/α,β-unsaturated/α-hetero) is 1. The second-order valence-corrected chi connectivity index (χ2v) is 7.72. The molecule has 0 aliphatic heterocycles. The van der Waals surface area contributed by atoms with Crippen molar-refractivity contribution in [3.8, 4) is 5.75 Å². The number of hydrogen-bond donors (Lipinski definition) is 1. The fraction of sp³-hybridized carbons (Fsp3) is 0.667. The number of rotatable bonds is 13. The van der Waals surface area contributed by atoms with Gasteiger partial charge in [0.25, 0.3) is 0 Å². The van der Waals surface area contributed by atoms with Gasteiger partial charge < -0.3 is 19.5 Å². The molecule has 0 bridgehead atoms. The van der Waals surface area contributed by atoms with Crippen molar-refractivity contribution >= 4 is 11.5 Å². The first kappa shape index (κ1) is 22.5. The van der Waals surface area contributed by atoms with Crippen molar-refractivity contribution < 1.29 is 19.0 Å². The molecule has 0 aliphatic carbocycles. The average Bonchev–Trinajstić information content (AvgIpc) is 2.56. The maximum absolute atomic E-state index is 11.7. The Balaban J connectivity index is 1.97. The van der Waals surface area contributed by atoms with Crippen LogP contribution in [0.1, 0.15) is 47.5 Å². The van der Waals surface area contributed by atoms with Crippen LogP contribution in [0, 0.1) is 5.41 Å². The van der Waals surface area contributed by atoms with Crippen LogP contribution in [0.4, 0.5) is 5.69 Å². The second kappa shape index (κ2) is 11.9. The van der Waals surface area contributed by atoms with Gasteiger partial charge in [-0.3, -0.25) is 4.79 Å². The van der Waals surface area contributed by atoms with Crippen molar-refractivity contribution in [2.45, 2.75) is 53.5 Å². The number of benzene rings is 1. The zero-order valence-corrected chi connectivity index (χ0v) is 17.0. The highest BCUT2D eigenvalue weighted by atomic mass is 16.5. The van der Waals surface area contributed by atoms with E-state index in [0.29, 0.717) is 32.5 Å². The van der Waals surface area contributed by atoms with Gasteiger partial charge in [-0.25, -0.2) is 0 Å². The van der Waals surface area contributed by atoms with Crippen molar-refractivity contribution in [2.75, 3.05) is 38.4 Å². The third kappa shape index (κ3) is 10.4. The number of ether oxygens (including phenoxy) is 3. The number of ketones is 1. The maximum atomic E-state index is 11.7. The van der Waals surface area contributed by atoms with Crippen molar-refractivity contribution in [1.29, 1.82) is 0 Å². The van der Waals surface area contributed by atoms with E-state index in [4.69, 9.17) is 14.2 Å². The Morgan fingerprint density at radius 1 is 0.962 bits per heavy atom. The normalized spacial score (nSPS) is 11.6. The lowest BCUT2D eigenvalue weighted by atomic mass is 9.91. The highest BCUT2D eigenvalue weighted by molar-refractivity contribution is 5.84. The molecule has 1 aromatic rings. The molecule has 0 saturated heterocycles. The molecule has 0 saturated carbocycles. The topological polar surface area (TPSA) is 56.8 Å². The predicted molar refractivity (Wildman–Crippen MR) is 106 cm³/mol. The molecule has 26 heavy (non-hydrogen) atoms. The minimum atomic E-state index is -0.332. The first-order valence-electron chi connectivity index (χ1n) is 9.47. The number of carbonyl (C=O) groups excluding carboxylic acids is 1. The molecule has 0 radical (unpaired) electrons. The summed E-state index contributed by atoms with van der Waals surface area (Å²) < 4.78 is 16.6. The lowest BCUT2D eigenvalue weighted by Crippen LogP contribution is -2.25. The summed E-state index contributed by atoms with van der Waals surface area (Å²) in [5.74, 6) is 1.000. The van der Waals surface area contributed by atoms with Crippen LogP contribution in [0.15, 0.2) is 24.3 Å². The molecule has 1 aromatic carbocycles. The molecule has 0 aliphatic rings. The molecule has 148 valence electrons. The molecule has 0 heterocycles. The van der Waals surface area contributed by atoms with Gasteiger partial charge in [-0.1, -0.05) is 20.8 Å². The summed E-state index contributed by atoms with van der Waals surface area (Å²) in [6.07, 6.45) is 1.64. The summed E-state index contributed by atoms with van der Waals surface area (Å²) in [6.45, 7) is 12.6. The van der Waals surface area contributed by atoms with E-state index in [1.165, 1.54) is 0 Å². The van der Waals surface area contributed by atoms with Crippen molar-refractivity contribution in [3.05, 3.63) is 24.3 Å². The lowest BCUT2D eigenvalue weighted by Gasteiger charge is -2.16. The van der Waals surface area contributed by atoms with E-state index < -0.39 is 0 Å². The quantitative estimate of drug-likeness (QED) is 0.528. The SMILES string of the molecule is CC(C)Nc1ccc(OCCCOCCCOCC(=O)C(C)(C)C)cc1. The largest absolute Gasteiger partial charge is 0.494 e. The monoisotopic (exact) mass is 365 g/mol. The van der Waals surface area contributed by atoms with E-state index >= 15 is 0 Å². The van der Waals surface area contributed by atoms with Gasteiger partial charge in [-0.05, 0) is 44.5 Å². The van der Waals surface area contributed by atoms with Crippen molar-refractivity contribution in [3.63, 3.8) is 0 Å². The van der Waals surface area contributed by atoms with E-state index in [1.807, 2.05) is 45.0 Å². The van der Waals surface area contributed by atoms with E-state index in [9.17, 15) is 4.79 Å². The van der Waals surface area contributed by atoms with Gasteiger partial charge in [-0.2, -0.15) is 0 Å². The van der Waals surface area contributed by atoms with Gasteiger partial charge in [0.2, 0.25) is 0 Å². The van der Waals surface area contributed by atoms with Gasteiger partial charge >= 0.3 is 0 Å². The highest BCUT2D eigenvalue weighted by Crippen LogP contribution is 2.16. The Kier molecular flexibility index (Phi) is 10.3. The average molecular weight is 366 g/mol. The summed E-state index contributed by atoms with van der Waals surface area (Å²) in [4.78, 5) is 11.7. The maximum Gasteiger partial charge on any atom is 0.163 e. The van der Waals surface area contributed by atoms with Gasteiger partial charge in [0.15, 0.2) is 5.78 Å². The van der Waals surface area contributed by atoms with Crippen molar-refractivity contribution in [2.24, 2.45) is 5.41 Å². The van der Waals surface area contributed by atoms with E-state index in [0.717, 1.165) is 24.3 Å². The number of nitrogens with one attached hydrogen (secondary N) is 1. The molecule has 1 N–H and O–H groups in total. The molecular formula is C21H35NO4. The van der Waals surface area contributed by atoms with Crippen LogP contribution in [-0.2, 0) is 14.3 Å². The Morgan fingerprint density at radius 2 is 1.54 bits per heavy atom. The molecule has 0 spiro atoms. The second-order valence-electron chi connectivity index (χ2n) is 7.72. The fourth-order valence-corrected chi connectivity index (χ4v) is 2.08.